The van der Waals surface area contributed by atoms with Gasteiger partial charge in [0, 0.05) is 0 Å². The Morgan fingerprint density at radius 2 is 2.17 bits per heavy atom. The van der Waals surface area contributed by atoms with Crippen LogP contribution in [0.3, 0.4) is 0 Å². The number of nitroso groups, excluding NO2 is 1. The van der Waals surface area contributed by atoms with Crippen molar-refractivity contribution in [3.8, 4) is 0 Å². The molecule has 0 spiro atoms. The number of nitrogens with zero attached hydrogens (tertiary/aromatic N) is 2. The molecule has 0 aromatic rings. The normalized spacial score (nSPS) is 11.9. The summed E-state index contributed by atoms with van der Waals surface area (Å²) in [7, 11) is 0. The fourth-order valence-electron chi connectivity index (χ4n) is 0.656. The van der Waals surface area contributed by atoms with E-state index in [9.17, 15) is 9.70 Å². The molecule has 0 aliphatic heterocycles. The lowest BCUT2D eigenvalue weighted by Gasteiger charge is -2.18. The van der Waals surface area contributed by atoms with Crippen molar-refractivity contribution in [2.24, 2.45) is 5.29 Å². The molecular formula is C7H14N2O3. The largest absolute Gasteiger partial charge is 0.448 e. The number of amides is 1. The minimum atomic E-state index is -0.679. The fourth-order valence-corrected chi connectivity index (χ4v) is 0.656. The van der Waals surface area contributed by atoms with Gasteiger partial charge in [-0.2, -0.15) is 5.01 Å². The number of carbonyl (C=O) groups is 1. The standard InChI is InChI=1S/C7H14N2O3/c1-4-6(3)9(8-11)7(10)12-5-2/h6H,4-5H2,1-3H3. The Morgan fingerprint density at radius 3 is 2.50 bits per heavy atom. The first-order chi connectivity index (χ1) is 5.67. The Kier molecular flexibility index (Phi) is 4.99. The number of rotatable bonds is 4. The molecule has 5 heteroatoms. The highest BCUT2D eigenvalue weighted by Crippen LogP contribution is 2.05. The number of hydrogen-bond donors (Lipinski definition) is 0. The summed E-state index contributed by atoms with van der Waals surface area (Å²) in [5, 5.41) is 3.40. The monoisotopic (exact) mass is 174 g/mol. The molecule has 0 N–H and O–H groups in total. The van der Waals surface area contributed by atoms with Gasteiger partial charge in [0.1, 0.15) is 0 Å². The van der Waals surface area contributed by atoms with Crippen LogP contribution >= 0.6 is 0 Å². The van der Waals surface area contributed by atoms with Gasteiger partial charge in [0.2, 0.25) is 0 Å². The van der Waals surface area contributed by atoms with Crippen LogP contribution in [-0.4, -0.2) is 23.8 Å². The summed E-state index contributed by atoms with van der Waals surface area (Å²) < 4.78 is 4.61. The Labute approximate surface area is 71.6 Å². The van der Waals surface area contributed by atoms with Crippen molar-refractivity contribution in [1.29, 1.82) is 0 Å². The minimum Gasteiger partial charge on any atom is -0.448 e. The van der Waals surface area contributed by atoms with E-state index < -0.39 is 6.09 Å². The second-order valence-electron chi connectivity index (χ2n) is 2.38. The van der Waals surface area contributed by atoms with Crippen molar-refractivity contribution < 1.29 is 9.53 Å². The maximum atomic E-state index is 11.0. The Hall–Kier alpha value is -1.13. The smallest absolute Gasteiger partial charge is 0.433 e. The predicted molar refractivity (Wildman–Crippen MR) is 44.4 cm³/mol. The van der Waals surface area contributed by atoms with Crippen LogP contribution in [0.25, 0.3) is 0 Å². The molecule has 0 aliphatic rings. The third-order valence-electron chi connectivity index (χ3n) is 1.55. The molecule has 0 rings (SSSR count). The molecule has 1 unspecified atom stereocenters. The molecule has 1 amide bonds. The van der Waals surface area contributed by atoms with Crippen LogP contribution in [0.2, 0.25) is 0 Å². The molecule has 0 bridgehead atoms. The van der Waals surface area contributed by atoms with Crippen LogP contribution in [0, 0.1) is 4.91 Å². The highest BCUT2D eigenvalue weighted by molar-refractivity contribution is 5.67. The van der Waals surface area contributed by atoms with Gasteiger partial charge in [-0.05, 0) is 20.3 Å². The number of carbonyl (C=O) groups excluding carboxylic acids is 1. The molecule has 5 nitrogen and oxygen atoms in total. The number of hydrogen-bond acceptors (Lipinski definition) is 4. The molecule has 70 valence electrons. The van der Waals surface area contributed by atoms with Crippen LogP contribution < -0.4 is 0 Å². The van der Waals surface area contributed by atoms with Crippen LogP contribution in [0.5, 0.6) is 0 Å². The van der Waals surface area contributed by atoms with Crippen LogP contribution in [0.1, 0.15) is 27.2 Å². The first-order valence-corrected chi connectivity index (χ1v) is 3.96. The van der Waals surface area contributed by atoms with E-state index in [0.717, 1.165) is 5.01 Å². The maximum absolute atomic E-state index is 11.0. The highest BCUT2D eigenvalue weighted by Gasteiger charge is 2.20. The van der Waals surface area contributed by atoms with Gasteiger partial charge in [0.15, 0.2) is 0 Å². The molecule has 0 radical (unpaired) electrons. The average molecular weight is 174 g/mol. The van der Waals surface area contributed by atoms with Crippen molar-refractivity contribution in [2.45, 2.75) is 33.2 Å². The van der Waals surface area contributed by atoms with Crippen molar-refractivity contribution in [3.63, 3.8) is 0 Å². The average Bonchev–Trinajstić information content (AvgIpc) is 2.06. The molecule has 0 saturated carbocycles. The van der Waals surface area contributed by atoms with Gasteiger partial charge in [0.25, 0.3) is 0 Å². The molecule has 0 saturated heterocycles. The van der Waals surface area contributed by atoms with Gasteiger partial charge in [-0.15, -0.1) is 4.91 Å². The van der Waals surface area contributed by atoms with Crippen molar-refractivity contribution in [1.82, 2.24) is 5.01 Å². The molecule has 12 heavy (non-hydrogen) atoms. The van der Waals surface area contributed by atoms with E-state index in [2.05, 4.69) is 10.0 Å². The van der Waals surface area contributed by atoms with Crippen LogP contribution in [-0.2, 0) is 4.74 Å². The van der Waals surface area contributed by atoms with Crippen LogP contribution in [0.4, 0.5) is 4.79 Å². The van der Waals surface area contributed by atoms with E-state index in [4.69, 9.17) is 0 Å². The van der Waals surface area contributed by atoms with Gasteiger partial charge in [0.05, 0.1) is 17.9 Å². The lowest BCUT2D eigenvalue weighted by atomic mass is 10.3. The summed E-state index contributed by atoms with van der Waals surface area (Å²) in [6, 6.07) is -0.207. The van der Waals surface area contributed by atoms with Gasteiger partial charge >= 0.3 is 6.09 Å². The Morgan fingerprint density at radius 1 is 1.58 bits per heavy atom. The molecule has 0 heterocycles. The van der Waals surface area contributed by atoms with E-state index in [-0.39, 0.29) is 12.6 Å². The first-order valence-electron chi connectivity index (χ1n) is 3.96. The third kappa shape index (κ3) is 2.86. The summed E-state index contributed by atoms with van der Waals surface area (Å²) in [4.78, 5) is 21.2. The van der Waals surface area contributed by atoms with Crippen molar-refractivity contribution in [3.05, 3.63) is 4.91 Å². The summed E-state index contributed by atoms with van der Waals surface area (Å²) in [6.07, 6.45) is -0.00766. The maximum Gasteiger partial charge on any atom is 0.433 e. The molecular weight excluding hydrogens is 160 g/mol. The fraction of sp³-hybridized carbons (Fsp3) is 0.857. The van der Waals surface area contributed by atoms with Gasteiger partial charge in [-0.3, -0.25) is 0 Å². The van der Waals surface area contributed by atoms with Crippen LogP contribution in [0.15, 0.2) is 5.29 Å². The second kappa shape index (κ2) is 5.51. The topological polar surface area (TPSA) is 59.0 Å². The summed E-state index contributed by atoms with van der Waals surface area (Å²) in [5.74, 6) is 0. The van der Waals surface area contributed by atoms with E-state index in [1.807, 2.05) is 6.92 Å². The zero-order valence-electron chi connectivity index (χ0n) is 7.61. The Balaban J connectivity index is 4.13. The zero-order valence-corrected chi connectivity index (χ0v) is 7.61. The lowest BCUT2D eigenvalue weighted by Crippen LogP contribution is -2.33. The first kappa shape index (κ1) is 10.9. The highest BCUT2D eigenvalue weighted by atomic mass is 16.6. The van der Waals surface area contributed by atoms with E-state index in [1.54, 1.807) is 13.8 Å². The van der Waals surface area contributed by atoms with E-state index in [1.165, 1.54) is 0 Å². The molecule has 1 atom stereocenters. The predicted octanol–water partition coefficient (Wildman–Crippen LogP) is 1.92. The SMILES string of the molecule is CCOC(=O)N(N=O)C(C)CC. The van der Waals surface area contributed by atoms with Gasteiger partial charge in [-0.1, -0.05) is 6.92 Å². The lowest BCUT2D eigenvalue weighted by molar-refractivity contribution is 0.0929. The van der Waals surface area contributed by atoms with Gasteiger partial charge in [-0.25, -0.2) is 4.79 Å². The molecule has 0 aromatic carbocycles. The van der Waals surface area contributed by atoms with E-state index in [0.29, 0.717) is 6.42 Å². The second-order valence-corrected chi connectivity index (χ2v) is 2.38. The van der Waals surface area contributed by atoms with Crippen molar-refractivity contribution >= 4 is 6.09 Å². The minimum absolute atomic E-state index is 0.207. The molecule has 0 fully saturated rings. The third-order valence-corrected chi connectivity index (χ3v) is 1.55. The van der Waals surface area contributed by atoms with Crippen molar-refractivity contribution in [2.75, 3.05) is 6.61 Å². The molecule has 0 aromatic heterocycles. The summed E-state index contributed by atoms with van der Waals surface area (Å²) in [5.41, 5.74) is 0. The zero-order chi connectivity index (χ0) is 9.56. The molecule has 0 aliphatic carbocycles. The summed E-state index contributed by atoms with van der Waals surface area (Å²) in [6.45, 7) is 5.53. The van der Waals surface area contributed by atoms with E-state index >= 15 is 0 Å². The van der Waals surface area contributed by atoms with Gasteiger partial charge < -0.3 is 4.74 Å². The quantitative estimate of drug-likeness (QED) is 0.483. The number of ether oxygens (including phenoxy) is 1. The summed E-state index contributed by atoms with van der Waals surface area (Å²) >= 11 is 0. The Bertz CT molecular complexity index is 161.